The van der Waals surface area contributed by atoms with E-state index < -0.39 is 0 Å². The van der Waals surface area contributed by atoms with Crippen molar-refractivity contribution in [2.24, 2.45) is 0 Å². The van der Waals surface area contributed by atoms with E-state index in [9.17, 15) is 0 Å². The Hall–Kier alpha value is -4.30. The van der Waals surface area contributed by atoms with Crippen molar-refractivity contribution < 1.29 is 0 Å². The highest BCUT2D eigenvalue weighted by Gasteiger charge is 2.37. The fourth-order valence-corrected chi connectivity index (χ4v) is 7.04. The first-order valence-corrected chi connectivity index (χ1v) is 14.7. The molecule has 1 unspecified atom stereocenters. The summed E-state index contributed by atoms with van der Waals surface area (Å²) in [6.07, 6.45) is 4.67. The number of benzene rings is 3. The second-order valence-electron chi connectivity index (χ2n) is 12.8. The van der Waals surface area contributed by atoms with E-state index in [1.807, 2.05) is 6.07 Å². The lowest BCUT2D eigenvalue weighted by Gasteiger charge is -2.23. The number of allylic oxidation sites excluding steroid dienone is 4. The van der Waals surface area contributed by atoms with E-state index in [4.69, 9.17) is 9.97 Å². The molecule has 0 bridgehead atoms. The fourth-order valence-electron chi connectivity index (χ4n) is 7.04. The van der Waals surface area contributed by atoms with Crippen molar-refractivity contribution in [2.75, 3.05) is 0 Å². The first-order valence-electron chi connectivity index (χ1n) is 14.7. The Balaban J connectivity index is 1.25. The minimum Gasteiger partial charge on any atom is -0.252 e. The molecule has 202 valence electrons. The van der Waals surface area contributed by atoms with E-state index in [0.717, 1.165) is 33.5 Å². The van der Waals surface area contributed by atoms with Crippen molar-refractivity contribution in [1.82, 2.24) is 9.97 Å². The summed E-state index contributed by atoms with van der Waals surface area (Å²) in [5.74, 6) is 0.192. The lowest BCUT2D eigenvalue weighted by Crippen LogP contribution is -2.16. The van der Waals surface area contributed by atoms with Crippen LogP contribution in [0, 0.1) is 0 Å². The molecule has 0 saturated carbocycles. The summed E-state index contributed by atoms with van der Waals surface area (Å²) < 4.78 is 0. The number of hydrogen-bond acceptors (Lipinski definition) is 2. The normalized spacial score (nSPS) is 17.1. The predicted octanol–water partition coefficient (Wildman–Crippen LogP) is 10.0. The lowest BCUT2D eigenvalue weighted by molar-refractivity contribution is 0.652. The molecule has 2 aromatic heterocycles. The molecule has 0 fully saturated rings. The predicted molar refractivity (Wildman–Crippen MR) is 172 cm³/mol. The summed E-state index contributed by atoms with van der Waals surface area (Å²) in [6.45, 7) is 13.8. The van der Waals surface area contributed by atoms with E-state index in [2.05, 4.69) is 139 Å². The van der Waals surface area contributed by atoms with Gasteiger partial charge in [-0.3, -0.25) is 4.98 Å². The Labute approximate surface area is 243 Å². The number of pyridine rings is 2. The van der Waals surface area contributed by atoms with Crippen molar-refractivity contribution in [3.63, 3.8) is 0 Å². The van der Waals surface area contributed by atoms with Crippen LogP contribution >= 0.6 is 0 Å². The van der Waals surface area contributed by atoms with Gasteiger partial charge in [-0.2, -0.15) is 0 Å². The third-order valence-corrected chi connectivity index (χ3v) is 9.53. The number of para-hydroxylation sites is 1. The van der Waals surface area contributed by atoms with Crippen LogP contribution in [0.15, 0.2) is 109 Å². The standard InChI is InChI=1S/C39H36N2/c1-24(15-18-30-25(2)28-12-8-9-13-31(28)38(30,3)4)34-22-20-33-37(41-34)29-23-27(16-19-32(29)39(33,5)6)36-21-17-26-11-7-10-14-35(26)40-36/h7-24H,1-6H3/b18-15-. The van der Waals surface area contributed by atoms with Gasteiger partial charge in [0.2, 0.25) is 0 Å². The fraction of sp³-hybridized carbons (Fsp3) is 0.231. The zero-order chi connectivity index (χ0) is 28.5. The largest absolute Gasteiger partial charge is 0.252 e. The van der Waals surface area contributed by atoms with Gasteiger partial charge in [-0.05, 0) is 64.6 Å². The second kappa shape index (κ2) is 9.11. The van der Waals surface area contributed by atoms with Crippen molar-refractivity contribution in [2.45, 2.75) is 58.3 Å². The van der Waals surface area contributed by atoms with Gasteiger partial charge in [0, 0.05) is 39.0 Å². The molecule has 0 N–H and O–H groups in total. The maximum absolute atomic E-state index is 5.33. The molecule has 41 heavy (non-hydrogen) atoms. The average Bonchev–Trinajstić information content (AvgIpc) is 3.33. The van der Waals surface area contributed by atoms with Crippen molar-refractivity contribution in [3.8, 4) is 22.5 Å². The highest BCUT2D eigenvalue weighted by molar-refractivity contribution is 5.85. The molecule has 0 saturated heterocycles. The maximum atomic E-state index is 5.33. The van der Waals surface area contributed by atoms with Crippen LogP contribution in [0.4, 0.5) is 0 Å². The highest BCUT2D eigenvalue weighted by Crippen LogP contribution is 2.50. The second-order valence-corrected chi connectivity index (χ2v) is 12.8. The Morgan fingerprint density at radius 3 is 2.24 bits per heavy atom. The Morgan fingerprint density at radius 2 is 1.41 bits per heavy atom. The molecular formula is C39H36N2. The molecule has 7 rings (SSSR count). The number of rotatable bonds is 4. The van der Waals surface area contributed by atoms with Crippen LogP contribution in [0.3, 0.4) is 0 Å². The van der Waals surface area contributed by atoms with Crippen LogP contribution in [0.1, 0.15) is 75.4 Å². The van der Waals surface area contributed by atoms with Gasteiger partial charge in [0.15, 0.2) is 0 Å². The van der Waals surface area contributed by atoms with Gasteiger partial charge < -0.3 is 0 Å². The van der Waals surface area contributed by atoms with Crippen LogP contribution in [-0.2, 0) is 10.8 Å². The molecule has 3 aromatic carbocycles. The third-order valence-electron chi connectivity index (χ3n) is 9.53. The SMILES string of the molecule is CC1=C(/C=C\C(C)c2ccc3c(n2)-c2cc(-c4ccc5ccccc5n4)ccc2C3(C)C)C(C)(C)c2ccccc21. The number of hydrogen-bond donors (Lipinski definition) is 0. The van der Waals surface area contributed by atoms with Gasteiger partial charge >= 0.3 is 0 Å². The van der Waals surface area contributed by atoms with Gasteiger partial charge in [-0.15, -0.1) is 0 Å². The Bertz CT molecular complexity index is 1920. The summed E-state index contributed by atoms with van der Waals surface area (Å²) in [5, 5.41) is 1.16. The summed E-state index contributed by atoms with van der Waals surface area (Å²) >= 11 is 0. The molecular weight excluding hydrogens is 496 g/mol. The van der Waals surface area contributed by atoms with Gasteiger partial charge in [-0.1, -0.05) is 114 Å². The van der Waals surface area contributed by atoms with Gasteiger partial charge in [0.1, 0.15) is 0 Å². The molecule has 0 spiro atoms. The van der Waals surface area contributed by atoms with Crippen LogP contribution < -0.4 is 0 Å². The van der Waals surface area contributed by atoms with Crippen molar-refractivity contribution >= 4 is 16.5 Å². The number of fused-ring (bicyclic) bond motifs is 5. The molecule has 2 nitrogen and oxygen atoms in total. The Morgan fingerprint density at radius 1 is 0.683 bits per heavy atom. The van der Waals surface area contributed by atoms with Gasteiger partial charge in [0.05, 0.1) is 16.9 Å². The van der Waals surface area contributed by atoms with Crippen molar-refractivity contribution in [1.29, 1.82) is 0 Å². The Kier molecular flexibility index (Phi) is 5.70. The number of nitrogens with zero attached hydrogens (tertiary/aromatic N) is 2. The molecule has 1 atom stereocenters. The molecule has 5 aromatic rings. The smallest absolute Gasteiger partial charge is 0.0749 e. The van der Waals surface area contributed by atoms with E-state index >= 15 is 0 Å². The molecule has 0 aliphatic heterocycles. The van der Waals surface area contributed by atoms with Crippen LogP contribution in [0.2, 0.25) is 0 Å². The minimum absolute atomic E-state index is 0.00156. The van der Waals surface area contributed by atoms with Crippen LogP contribution in [0.5, 0.6) is 0 Å². The first-order chi connectivity index (χ1) is 19.7. The van der Waals surface area contributed by atoms with Gasteiger partial charge in [-0.25, -0.2) is 4.98 Å². The van der Waals surface area contributed by atoms with E-state index in [0.29, 0.717) is 0 Å². The quantitative estimate of drug-likeness (QED) is 0.230. The van der Waals surface area contributed by atoms with Gasteiger partial charge in [0.25, 0.3) is 0 Å². The molecule has 2 heteroatoms. The average molecular weight is 533 g/mol. The zero-order valence-corrected chi connectivity index (χ0v) is 24.8. The number of aromatic nitrogens is 2. The first kappa shape index (κ1) is 25.7. The summed E-state index contributed by atoms with van der Waals surface area (Å²) in [4.78, 5) is 10.3. The van der Waals surface area contributed by atoms with Crippen LogP contribution in [-0.4, -0.2) is 9.97 Å². The summed E-state index contributed by atoms with van der Waals surface area (Å²) in [7, 11) is 0. The molecule has 0 amide bonds. The third kappa shape index (κ3) is 3.92. The van der Waals surface area contributed by atoms with E-state index in [1.54, 1.807) is 0 Å². The minimum atomic E-state index is -0.0911. The lowest BCUT2D eigenvalue weighted by atomic mass is 9.80. The topological polar surface area (TPSA) is 25.8 Å². The molecule has 2 aliphatic rings. The van der Waals surface area contributed by atoms with Crippen LogP contribution in [0.25, 0.3) is 39.0 Å². The zero-order valence-electron chi connectivity index (χ0n) is 24.8. The summed E-state index contributed by atoms with van der Waals surface area (Å²) in [6, 6.07) is 32.7. The molecule has 2 heterocycles. The van der Waals surface area contributed by atoms with E-state index in [1.165, 1.54) is 39.0 Å². The molecule has 0 radical (unpaired) electrons. The monoisotopic (exact) mass is 532 g/mol. The highest BCUT2D eigenvalue weighted by atomic mass is 14.7. The maximum Gasteiger partial charge on any atom is 0.0749 e. The molecule has 2 aliphatic carbocycles. The summed E-state index contributed by atoms with van der Waals surface area (Å²) in [5.41, 5.74) is 14.7. The van der Waals surface area contributed by atoms with Crippen molar-refractivity contribution in [3.05, 3.63) is 137 Å². The van der Waals surface area contributed by atoms with E-state index in [-0.39, 0.29) is 16.7 Å².